The van der Waals surface area contributed by atoms with Gasteiger partial charge < -0.3 is 14.6 Å². The monoisotopic (exact) mass is 544 g/mol. The first kappa shape index (κ1) is 26.7. The number of ether oxygens (including phenoxy) is 2. The van der Waals surface area contributed by atoms with Crippen LogP contribution in [0.4, 0.5) is 0 Å². The smallest absolute Gasteiger partial charge is 0.456 e. The van der Waals surface area contributed by atoms with E-state index >= 15 is 0 Å². The number of H-pyrrole nitrogens is 1. The maximum Gasteiger partial charge on any atom is 0.475 e. The van der Waals surface area contributed by atoms with Crippen molar-refractivity contribution < 1.29 is 37.5 Å². The number of phosphoric ester groups is 1. The Hall–Kier alpha value is -2.31. The zero-order valence-electron chi connectivity index (χ0n) is 19.5. The van der Waals surface area contributed by atoms with Crippen molar-refractivity contribution in [2.75, 3.05) is 13.2 Å². The molecule has 1 aromatic carbocycles. The third-order valence-corrected chi connectivity index (χ3v) is 7.58. The molecule has 2 fully saturated rings. The maximum atomic E-state index is 13.2. The first-order valence-electron chi connectivity index (χ1n) is 11.2. The highest BCUT2D eigenvalue weighted by Crippen LogP contribution is 2.57. The summed E-state index contributed by atoms with van der Waals surface area (Å²) in [6, 6.07) is 7.98. The molecule has 0 saturated carbocycles. The highest BCUT2D eigenvalue weighted by Gasteiger charge is 2.57. The number of nitrogens with one attached hydrogen (secondary N) is 1. The number of carbonyl (C=O) groups excluding carboxylic acids is 1. The van der Waals surface area contributed by atoms with E-state index in [0.717, 1.165) is 16.8 Å². The van der Waals surface area contributed by atoms with Gasteiger partial charge in [-0.2, -0.15) is 0 Å². The average Bonchev–Trinajstić information content (AvgIpc) is 3.07. The lowest BCUT2D eigenvalue weighted by atomic mass is 9.96. The molecule has 0 spiro atoms. The van der Waals surface area contributed by atoms with Crippen molar-refractivity contribution in [3.05, 3.63) is 68.0 Å². The van der Waals surface area contributed by atoms with Gasteiger partial charge in [0.1, 0.15) is 11.7 Å². The van der Waals surface area contributed by atoms with E-state index in [0.29, 0.717) is 17.0 Å². The van der Waals surface area contributed by atoms with Crippen molar-refractivity contribution >= 4 is 25.4 Å². The Kier molecular flexibility index (Phi) is 7.86. The number of nitrogens with zero attached hydrogens (tertiary/aromatic N) is 1. The third kappa shape index (κ3) is 5.65. The van der Waals surface area contributed by atoms with Crippen LogP contribution in [0.25, 0.3) is 0 Å². The summed E-state index contributed by atoms with van der Waals surface area (Å²) in [6.07, 6.45) is -2.87. The Morgan fingerprint density at radius 2 is 2.14 bits per heavy atom. The number of aromatic amines is 1. The van der Waals surface area contributed by atoms with E-state index in [1.54, 1.807) is 31.2 Å². The van der Waals surface area contributed by atoms with Crippen LogP contribution >= 0.6 is 19.4 Å². The van der Waals surface area contributed by atoms with Crippen molar-refractivity contribution in [2.24, 2.45) is 0 Å². The van der Waals surface area contributed by atoms with E-state index in [-0.39, 0.29) is 13.0 Å². The van der Waals surface area contributed by atoms with Crippen molar-refractivity contribution in [1.29, 1.82) is 0 Å². The number of hydrogen-bond acceptors (Lipinski definition) is 10. The molecule has 14 heteroatoms. The van der Waals surface area contributed by atoms with Gasteiger partial charge in [0, 0.05) is 30.1 Å². The van der Waals surface area contributed by atoms with Gasteiger partial charge in [0.2, 0.25) is 0 Å². The molecule has 3 heterocycles. The van der Waals surface area contributed by atoms with E-state index in [9.17, 15) is 24.1 Å². The fourth-order valence-electron chi connectivity index (χ4n) is 4.07. The minimum Gasteiger partial charge on any atom is -0.456 e. The minimum absolute atomic E-state index is 0.00938. The van der Waals surface area contributed by atoms with E-state index in [2.05, 4.69) is 4.98 Å². The van der Waals surface area contributed by atoms with Crippen LogP contribution in [-0.4, -0.2) is 51.6 Å². The molecule has 1 aromatic heterocycles. The Morgan fingerprint density at radius 3 is 2.83 bits per heavy atom. The van der Waals surface area contributed by atoms with Gasteiger partial charge in [0.05, 0.1) is 19.3 Å². The zero-order valence-corrected chi connectivity index (χ0v) is 21.1. The lowest BCUT2D eigenvalue weighted by molar-refractivity contribution is -0.163. The van der Waals surface area contributed by atoms with Crippen LogP contribution in [0.5, 0.6) is 0 Å². The molecule has 0 radical (unpaired) electrons. The van der Waals surface area contributed by atoms with Crippen LogP contribution in [0.2, 0.25) is 5.02 Å². The van der Waals surface area contributed by atoms with Crippen LogP contribution in [-0.2, 0) is 32.4 Å². The SMILES string of the molecule is CCC(=O)O[C@@H]1[C@@H](CO[P@@]2(=O)OCC[C@@H](c3cccc(Cl)c3)O2)O[C@@H](n2ccc(=O)[nH]c2=O)[C@]1(C)O. The van der Waals surface area contributed by atoms with E-state index in [4.69, 9.17) is 34.6 Å². The van der Waals surface area contributed by atoms with Crippen molar-refractivity contribution in [3.8, 4) is 0 Å². The molecule has 2 aliphatic rings. The Bertz CT molecular complexity index is 1280. The second-order valence-corrected chi connectivity index (χ2v) is 10.6. The maximum absolute atomic E-state index is 13.2. The molecular weight excluding hydrogens is 519 g/mol. The number of benzene rings is 1. The Morgan fingerprint density at radius 1 is 1.36 bits per heavy atom. The Balaban J connectivity index is 1.54. The van der Waals surface area contributed by atoms with Crippen LogP contribution < -0.4 is 11.2 Å². The van der Waals surface area contributed by atoms with Crippen LogP contribution in [0.1, 0.15) is 44.6 Å². The van der Waals surface area contributed by atoms with Crippen molar-refractivity contribution in [3.63, 3.8) is 0 Å². The van der Waals surface area contributed by atoms with Gasteiger partial charge in [-0.15, -0.1) is 0 Å². The van der Waals surface area contributed by atoms with Gasteiger partial charge in [-0.3, -0.25) is 32.7 Å². The highest BCUT2D eigenvalue weighted by molar-refractivity contribution is 7.48. The first-order valence-corrected chi connectivity index (χ1v) is 13.1. The number of esters is 1. The quantitative estimate of drug-likeness (QED) is 0.392. The summed E-state index contributed by atoms with van der Waals surface area (Å²) in [4.78, 5) is 38.0. The molecule has 2 saturated heterocycles. The number of rotatable bonds is 7. The lowest BCUT2D eigenvalue weighted by Crippen LogP contribution is -2.49. The molecule has 2 aromatic rings. The molecular formula is C22H26ClN2O10P. The third-order valence-electron chi connectivity index (χ3n) is 5.87. The predicted molar refractivity (Wildman–Crippen MR) is 125 cm³/mol. The molecule has 0 aliphatic carbocycles. The minimum atomic E-state index is -4.08. The average molecular weight is 545 g/mol. The van der Waals surface area contributed by atoms with E-state index in [1.807, 2.05) is 0 Å². The van der Waals surface area contributed by atoms with E-state index in [1.165, 1.54) is 6.92 Å². The standard InChI is InChI=1S/C22H26ClN2O10P/c1-3-18(27)34-19-16(33-20(22(19,2)29)25-9-7-17(26)24-21(25)28)12-32-36(30)31-10-8-15(35-36)13-5-4-6-14(23)11-13/h4-7,9,11,15-16,19-20,29H,3,8,10,12H2,1-2H3,(H,24,26,28)/t15-,16+,19+,20+,22+,36+/m0/s1. The van der Waals surface area contributed by atoms with Gasteiger partial charge in [0.25, 0.3) is 5.56 Å². The number of aromatic nitrogens is 2. The van der Waals surface area contributed by atoms with Crippen molar-refractivity contribution in [2.45, 2.75) is 56.8 Å². The normalized spacial score (nSPS) is 32.3. The molecule has 12 nitrogen and oxygen atoms in total. The summed E-state index contributed by atoms with van der Waals surface area (Å²) in [5.41, 5.74) is -2.71. The van der Waals surface area contributed by atoms with Gasteiger partial charge in [0.15, 0.2) is 12.3 Å². The fourth-order valence-corrected chi connectivity index (χ4v) is 5.67. The Labute approximate surface area is 210 Å². The zero-order chi connectivity index (χ0) is 26.1. The van der Waals surface area contributed by atoms with Crippen LogP contribution in [0, 0.1) is 0 Å². The second-order valence-electron chi connectivity index (χ2n) is 8.55. The van der Waals surface area contributed by atoms with Crippen molar-refractivity contribution in [1.82, 2.24) is 9.55 Å². The first-order chi connectivity index (χ1) is 17.0. The molecule has 0 unspecified atom stereocenters. The summed E-state index contributed by atoms with van der Waals surface area (Å²) >= 11 is 6.05. The number of halogens is 1. The summed E-state index contributed by atoms with van der Waals surface area (Å²) in [5.74, 6) is -0.638. The molecule has 36 heavy (non-hydrogen) atoms. The molecule has 196 valence electrons. The number of aliphatic hydroxyl groups is 1. The second kappa shape index (κ2) is 10.6. The predicted octanol–water partition coefficient (Wildman–Crippen LogP) is 2.46. The molecule has 0 amide bonds. The summed E-state index contributed by atoms with van der Waals surface area (Å²) in [6.45, 7) is 2.50. The topological polar surface area (TPSA) is 155 Å². The number of carbonyl (C=O) groups is 1. The largest absolute Gasteiger partial charge is 0.475 e. The fraction of sp³-hybridized carbons (Fsp3) is 0.500. The van der Waals surface area contributed by atoms with Crippen LogP contribution in [0.15, 0.2) is 46.1 Å². The van der Waals surface area contributed by atoms with Crippen LogP contribution in [0.3, 0.4) is 0 Å². The highest BCUT2D eigenvalue weighted by atomic mass is 35.5. The van der Waals surface area contributed by atoms with Gasteiger partial charge >= 0.3 is 19.5 Å². The number of hydrogen-bond donors (Lipinski definition) is 2. The summed E-state index contributed by atoms with van der Waals surface area (Å²) in [7, 11) is -4.08. The number of phosphoric acid groups is 1. The van der Waals surface area contributed by atoms with Gasteiger partial charge in [-0.25, -0.2) is 9.36 Å². The summed E-state index contributed by atoms with van der Waals surface area (Å²) < 4.78 is 41.9. The van der Waals surface area contributed by atoms with Gasteiger partial charge in [-0.05, 0) is 24.6 Å². The molecule has 2 aliphatic heterocycles. The van der Waals surface area contributed by atoms with E-state index < -0.39 is 61.8 Å². The molecule has 0 bridgehead atoms. The lowest BCUT2D eigenvalue weighted by Gasteiger charge is -2.31. The molecule has 6 atom stereocenters. The molecule has 4 rings (SSSR count). The van der Waals surface area contributed by atoms with Gasteiger partial charge in [-0.1, -0.05) is 30.7 Å². The molecule has 2 N–H and O–H groups in total. The summed E-state index contributed by atoms with van der Waals surface area (Å²) in [5, 5.41) is 11.7.